The van der Waals surface area contributed by atoms with E-state index in [0.717, 1.165) is 0 Å². The van der Waals surface area contributed by atoms with E-state index >= 15 is 0 Å². The first kappa shape index (κ1) is 12.3. The van der Waals surface area contributed by atoms with Gasteiger partial charge in [-0.3, -0.25) is 14.9 Å². The van der Waals surface area contributed by atoms with Crippen molar-refractivity contribution in [3.63, 3.8) is 0 Å². The number of fused-ring (bicyclic) bond motifs is 1. The zero-order valence-electron chi connectivity index (χ0n) is 9.70. The van der Waals surface area contributed by atoms with E-state index < -0.39 is 11.7 Å². The molecule has 98 valence electrons. The number of imide groups is 1. The van der Waals surface area contributed by atoms with E-state index in [4.69, 9.17) is 4.42 Å². The van der Waals surface area contributed by atoms with E-state index in [2.05, 4.69) is 21.2 Å². The minimum Gasteiger partial charge on any atom is -0.449 e. The number of halogens is 2. The number of nitrogens with one attached hydrogen (secondary N) is 1. The largest absolute Gasteiger partial charge is 0.449 e. The third-order valence-electron chi connectivity index (χ3n) is 3.25. The fourth-order valence-corrected chi connectivity index (χ4v) is 2.74. The first-order valence-corrected chi connectivity index (χ1v) is 6.56. The zero-order valence-corrected chi connectivity index (χ0v) is 11.3. The molecule has 1 aliphatic heterocycles. The van der Waals surface area contributed by atoms with Crippen molar-refractivity contribution < 1.29 is 18.4 Å². The van der Waals surface area contributed by atoms with Gasteiger partial charge in [0.05, 0.1) is 11.3 Å². The molecule has 1 saturated heterocycles. The Morgan fingerprint density at radius 2 is 2.16 bits per heavy atom. The van der Waals surface area contributed by atoms with Crippen LogP contribution in [0.1, 0.15) is 24.3 Å². The number of piperidine rings is 1. The Morgan fingerprint density at radius 1 is 1.37 bits per heavy atom. The minimum atomic E-state index is -0.487. The van der Waals surface area contributed by atoms with Crippen molar-refractivity contribution >= 4 is 38.7 Å². The van der Waals surface area contributed by atoms with Gasteiger partial charge in [0.25, 0.3) is 0 Å². The van der Waals surface area contributed by atoms with Gasteiger partial charge in [0, 0.05) is 18.1 Å². The molecule has 1 unspecified atom stereocenters. The molecule has 1 aliphatic rings. The van der Waals surface area contributed by atoms with Crippen LogP contribution in [0.2, 0.25) is 0 Å². The Labute approximate surface area is 116 Å². The van der Waals surface area contributed by atoms with E-state index in [1.54, 1.807) is 0 Å². The zero-order chi connectivity index (χ0) is 13.6. The molecule has 3 rings (SSSR count). The monoisotopic (exact) mass is 325 g/mol. The molecular formula is C13H9BrFNO3. The number of hydrogen-bond acceptors (Lipinski definition) is 3. The van der Waals surface area contributed by atoms with Crippen LogP contribution in [0, 0.1) is 5.82 Å². The molecule has 1 N–H and O–H groups in total. The summed E-state index contributed by atoms with van der Waals surface area (Å²) in [6.07, 6.45) is 0.681. The summed E-state index contributed by atoms with van der Waals surface area (Å²) >= 11 is 3.15. The van der Waals surface area contributed by atoms with Crippen molar-refractivity contribution in [2.75, 3.05) is 0 Å². The summed E-state index contributed by atoms with van der Waals surface area (Å²) in [4.78, 5) is 23.0. The number of rotatable bonds is 1. The van der Waals surface area contributed by atoms with Gasteiger partial charge in [0.2, 0.25) is 11.8 Å². The molecule has 2 aromatic rings. The second-order valence-electron chi connectivity index (χ2n) is 4.43. The average Bonchev–Trinajstić information content (AvgIpc) is 2.73. The number of carbonyl (C=O) groups is 2. The maximum Gasteiger partial charge on any atom is 0.234 e. The summed E-state index contributed by atoms with van der Waals surface area (Å²) in [5.74, 6) is -1.53. The number of furan rings is 1. The van der Waals surface area contributed by atoms with Gasteiger partial charge in [-0.1, -0.05) is 6.07 Å². The standard InChI is InChI=1S/C13H9BrFNO3/c14-10-5-8-9(15)3-1-6(12(8)19-10)7-2-4-11(17)16-13(7)18/h1,3,5,7H,2,4H2,(H,16,17,18). The van der Waals surface area contributed by atoms with Crippen LogP contribution < -0.4 is 5.32 Å². The lowest BCUT2D eigenvalue weighted by atomic mass is 9.89. The number of hydrogen-bond donors (Lipinski definition) is 1. The van der Waals surface area contributed by atoms with E-state index in [1.165, 1.54) is 18.2 Å². The van der Waals surface area contributed by atoms with Gasteiger partial charge in [-0.15, -0.1) is 0 Å². The van der Waals surface area contributed by atoms with Crippen molar-refractivity contribution in [1.29, 1.82) is 0 Å². The number of amides is 2. The molecule has 1 fully saturated rings. The summed E-state index contributed by atoms with van der Waals surface area (Å²) < 4.78 is 19.5. The molecule has 4 nitrogen and oxygen atoms in total. The first-order chi connectivity index (χ1) is 9.06. The van der Waals surface area contributed by atoms with Crippen LogP contribution in [0.15, 0.2) is 27.3 Å². The molecule has 0 spiro atoms. The van der Waals surface area contributed by atoms with Gasteiger partial charge in [0.1, 0.15) is 11.4 Å². The van der Waals surface area contributed by atoms with Crippen LogP contribution in [0.3, 0.4) is 0 Å². The summed E-state index contributed by atoms with van der Waals surface area (Å²) in [7, 11) is 0. The summed E-state index contributed by atoms with van der Waals surface area (Å²) in [5, 5.41) is 2.62. The highest BCUT2D eigenvalue weighted by Gasteiger charge is 2.30. The molecule has 2 heterocycles. The maximum absolute atomic E-state index is 13.7. The molecule has 2 amide bonds. The lowest BCUT2D eigenvalue weighted by molar-refractivity contribution is -0.134. The predicted octanol–water partition coefficient (Wildman–Crippen LogP) is 2.85. The highest BCUT2D eigenvalue weighted by Crippen LogP contribution is 2.35. The van der Waals surface area contributed by atoms with Gasteiger partial charge in [0.15, 0.2) is 4.67 Å². The van der Waals surface area contributed by atoms with Crippen LogP contribution in [0.5, 0.6) is 0 Å². The molecular weight excluding hydrogens is 317 g/mol. The summed E-state index contributed by atoms with van der Waals surface area (Å²) in [6, 6.07) is 4.37. The minimum absolute atomic E-state index is 0.275. The van der Waals surface area contributed by atoms with Crippen LogP contribution >= 0.6 is 15.9 Å². The molecule has 0 saturated carbocycles. The van der Waals surface area contributed by atoms with Crippen molar-refractivity contribution in [3.8, 4) is 0 Å². The smallest absolute Gasteiger partial charge is 0.234 e. The lowest BCUT2D eigenvalue weighted by Crippen LogP contribution is -2.39. The fraction of sp³-hybridized carbons (Fsp3) is 0.231. The van der Waals surface area contributed by atoms with Crippen LogP contribution in [-0.4, -0.2) is 11.8 Å². The maximum atomic E-state index is 13.7. The van der Waals surface area contributed by atoms with Crippen molar-refractivity contribution in [3.05, 3.63) is 34.2 Å². The molecule has 0 aliphatic carbocycles. The molecule has 1 aromatic heterocycles. The van der Waals surface area contributed by atoms with Crippen LogP contribution in [-0.2, 0) is 9.59 Å². The molecule has 19 heavy (non-hydrogen) atoms. The fourth-order valence-electron chi connectivity index (χ4n) is 2.35. The quantitative estimate of drug-likeness (QED) is 0.820. The Kier molecular flexibility index (Phi) is 2.89. The van der Waals surface area contributed by atoms with Gasteiger partial charge in [-0.2, -0.15) is 0 Å². The van der Waals surface area contributed by atoms with Crippen molar-refractivity contribution in [2.24, 2.45) is 0 Å². The Balaban J connectivity index is 2.12. The van der Waals surface area contributed by atoms with Crippen LogP contribution in [0.4, 0.5) is 4.39 Å². The number of benzene rings is 1. The Bertz CT molecular complexity index is 694. The Morgan fingerprint density at radius 3 is 2.89 bits per heavy atom. The third kappa shape index (κ3) is 2.06. The van der Waals surface area contributed by atoms with Crippen molar-refractivity contribution in [2.45, 2.75) is 18.8 Å². The van der Waals surface area contributed by atoms with Crippen LogP contribution in [0.25, 0.3) is 11.0 Å². The molecule has 0 radical (unpaired) electrons. The molecule has 6 heteroatoms. The van der Waals surface area contributed by atoms with E-state index in [1.807, 2.05) is 0 Å². The second kappa shape index (κ2) is 4.45. The SMILES string of the molecule is O=C1CCC(c2ccc(F)c3cc(Br)oc23)C(=O)N1. The third-order valence-corrected chi connectivity index (χ3v) is 3.64. The van der Waals surface area contributed by atoms with Crippen molar-refractivity contribution in [1.82, 2.24) is 5.32 Å². The molecule has 1 atom stereocenters. The molecule has 0 bridgehead atoms. The second-order valence-corrected chi connectivity index (χ2v) is 5.22. The van der Waals surface area contributed by atoms with Gasteiger partial charge >= 0.3 is 0 Å². The van der Waals surface area contributed by atoms with E-state index in [-0.39, 0.29) is 18.2 Å². The van der Waals surface area contributed by atoms with E-state index in [9.17, 15) is 14.0 Å². The van der Waals surface area contributed by atoms with E-state index in [0.29, 0.717) is 27.6 Å². The summed E-state index contributed by atoms with van der Waals surface area (Å²) in [6.45, 7) is 0. The average molecular weight is 326 g/mol. The first-order valence-electron chi connectivity index (χ1n) is 5.77. The Hall–Kier alpha value is -1.69. The molecule has 1 aromatic carbocycles. The highest BCUT2D eigenvalue weighted by molar-refractivity contribution is 9.10. The van der Waals surface area contributed by atoms with Gasteiger partial charge in [-0.25, -0.2) is 4.39 Å². The van der Waals surface area contributed by atoms with Gasteiger partial charge < -0.3 is 4.42 Å². The highest BCUT2D eigenvalue weighted by atomic mass is 79.9. The lowest BCUT2D eigenvalue weighted by Gasteiger charge is -2.21. The summed E-state index contributed by atoms with van der Waals surface area (Å²) in [5.41, 5.74) is 0.952. The normalized spacial score (nSPS) is 19.8. The topological polar surface area (TPSA) is 59.3 Å². The predicted molar refractivity (Wildman–Crippen MR) is 69.0 cm³/mol. The van der Waals surface area contributed by atoms with Gasteiger partial charge in [-0.05, 0) is 28.4 Å². The number of carbonyl (C=O) groups excluding carboxylic acids is 2.